The van der Waals surface area contributed by atoms with Gasteiger partial charge < -0.3 is 11.5 Å². The van der Waals surface area contributed by atoms with Gasteiger partial charge >= 0.3 is 0 Å². The topological polar surface area (TPSA) is 58.5 Å². The third-order valence-corrected chi connectivity index (χ3v) is 1.34. The van der Waals surface area contributed by atoms with Crippen molar-refractivity contribution >= 4 is 0 Å². The molecule has 0 rings (SSSR count). The van der Waals surface area contributed by atoms with Crippen LogP contribution in [0.15, 0.2) is 0 Å². The molecule has 0 aliphatic heterocycles. The first-order chi connectivity index (χ1) is 4.59. The van der Waals surface area contributed by atoms with Gasteiger partial charge in [-0.2, -0.15) is 0 Å². The van der Waals surface area contributed by atoms with E-state index in [1.165, 1.54) is 0 Å². The van der Waals surface area contributed by atoms with Crippen LogP contribution in [-0.2, 0) is 0 Å². The Labute approximate surface area is 62.7 Å². The molecule has 0 aromatic carbocycles. The standard InChI is InChI=1S/C6H18N4/c1-6(8)10(5-4-7)9(2)3/h6H,4-5,7-8H2,1-3H3. The summed E-state index contributed by atoms with van der Waals surface area (Å²) in [6, 6.07) is 0. The van der Waals surface area contributed by atoms with E-state index < -0.39 is 0 Å². The van der Waals surface area contributed by atoms with E-state index in [1.54, 1.807) is 0 Å². The molecule has 0 aromatic heterocycles. The second-order valence-electron chi connectivity index (χ2n) is 2.54. The molecule has 0 saturated heterocycles. The van der Waals surface area contributed by atoms with E-state index in [4.69, 9.17) is 11.5 Å². The summed E-state index contributed by atoms with van der Waals surface area (Å²) in [6.07, 6.45) is 0.0403. The van der Waals surface area contributed by atoms with Gasteiger partial charge in [-0.1, -0.05) is 0 Å². The maximum Gasteiger partial charge on any atom is 0.0681 e. The monoisotopic (exact) mass is 146 g/mol. The van der Waals surface area contributed by atoms with Crippen LogP contribution in [0.1, 0.15) is 6.92 Å². The van der Waals surface area contributed by atoms with Crippen molar-refractivity contribution in [3.8, 4) is 0 Å². The smallest absolute Gasteiger partial charge is 0.0681 e. The Balaban J connectivity index is 3.73. The van der Waals surface area contributed by atoms with E-state index in [0.29, 0.717) is 6.54 Å². The summed E-state index contributed by atoms with van der Waals surface area (Å²) in [4.78, 5) is 0. The molecule has 0 heterocycles. The summed E-state index contributed by atoms with van der Waals surface area (Å²) in [5.41, 5.74) is 11.0. The first-order valence-electron chi connectivity index (χ1n) is 3.49. The molecule has 4 N–H and O–H groups in total. The lowest BCUT2D eigenvalue weighted by molar-refractivity contribution is -0.00653. The molecule has 1 unspecified atom stereocenters. The quantitative estimate of drug-likeness (QED) is 0.396. The van der Waals surface area contributed by atoms with E-state index >= 15 is 0 Å². The Hall–Kier alpha value is -0.160. The van der Waals surface area contributed by atoms with Gasteiger partial charge in [-0.3, -0.25) is 0 Å². The second-order valence-corrected chi connectivity index (χ2v) is 2.54. The molecule has 0 saturated carbocycles. The molecule has 4 heteroatoms. The molecule has 0 amide bonds. The van der Waals surface area contributed by atoms with Gasteiger partial charge in [0.15, 0.2) is 0 Å². The van der Waals surface area contributed by atoms with Gasteiger partial charge in [-0.05, 0) is 6.92 Å². The average Bonchev–Trinajstić information content (AvgIpc) is 1.81. The van der Waals surface area contributed by atoms with Crippen LogP contribution in [-0.4, -0.2) is 43.4 Å². The van der Waals surface area contributed by atoms with Crippen molar-refractivity contribution in [2.75, 3.05) is 27.2 Å². The average molecular weight is 146 g/mol. The highest BCUT2D eigenvalue weighted by atomic mass is 15.6. The molecule has 0 aromatic rings. The summed E-state index contributed by atoms with van der Waals surface area (Å²) >= 11 is 0. The predicted molar refractivity (Wildman–Crippen MR) is 43.1 cm³/mol. The molecule has 0 bridgehead atoms. The minimum absolute atomic E-state index is 0.0403. The van der Waals surface area contributed by atoms with Crippen molar-refractivity contribution in [1.82, 2.24) is 10.0 Å². The third kappa shape index (κ3) is 3.12. The summed E-state index contributed by atoms with van der Waals surface area (Å²) in [5.74, 6) is 0. The zero-order valence-electron chi connectivity index (χ0n) is 7.04. The summed E-state index contributed by atoms with van der Waals surface area (Å²) in [7, 11) is 3.91. The summed E-state index contributed by atoms with van der Waals surface area (Å²) in [6.45, 7) is 3.39. The van der Waals surface area contributed by atoms with Crippen LogP contribution in [0, 0.1) is 0 Å². The molecule has 0 radical (unpaired) electrons. The normalized spacial score (nSPS) is 14.7. The van der Waals surface area contributed by atoms with Crippen molar-refractivity contribution < 1.29 is 0 Å². The van der Waals surface area contributed by atoms with Crippen LogP contribution in [0.2, 0.25) is 0 Å². The molecular weight excluding hydrogens is 128 g/mol. The maximum atomic E-state index is 5.65. The number of hydrogen-bond donors (Lipinski definition) is 2. The number of hydrogen-bond acceptors (Lipinski definition) is 4. The third-order valence-electron chi connectivity index (χ3n) is 1.34. The first-order valence-corrected chi connectivity index (χ1v) is 3.49. The van der Waals surface area contributed by atoms with Crippen molar-refractivity contribution in [2.45, 2.75) is 13.1 Å². The second kappa shape index (κ2) is 4.62. The Morgan fingerprint density at radius 2 is 1.90 bits per heavy atom. The molecule has 1 atom stereocenters. The van der Waals surface area contributed by atoms with Crippen molar-refractivity contribution in [2.24, 2.45) is 11.5 Å². The molecule has 0 aliphatic carbocycles. The van der Waals surface area contributed by atoms with Crippen LogP contribution < -0.4 is 11.5 Å². The van der Waals surface area contributed by atoms with Crippen LogP contribution in [0.5, 0.6) is 0 Å². The minimum atomic E-state index is 0.0403. The molecule has 0 fully saturated rings. The van der Waals surface area contributed by atoms with Gasteiger partial charge in [0.1, 0.15) is 0 Å². The number of hydrazine groups is 1. The molecule has 0 aliphatic rings. The SMILES string of the molecule is CC(N)N(CCN)N(C)C. The Bertz CT molecular complexity index is 73.8. The molecule has 10 heavy (non-hydrogen) atoms. The first kappa shape index (κ1) is 9.84. The fraction of sp³-hybridized carbons (Fsp3) is 1.00. The van der Waals surface area contributed by atoms with Gasteiger partial charge in [-0.25, -0.2) is 10.0 Å². The van der Waals surface area contributed by atoms with Crippen molar-refractivity contribution in [3.63, 3.8) is 0 Å². The molecule has 62 valence electrons. The highest BCUT2D eigenvalue weighted by Crippen LogP contribution is 1.92. The summed E-state index contributed by atoms with van der Waals surface area (Å²) < 4.78 is 0. The summed E-state index contributed by atoms with van der Waals surface area (Å²) in [5, 5.41) is 3.96. The number of nitrogens with zero attached hydrogens (tertiary/aromatic N) is 2. The van der Waals surface area contributed by atoms with Crippen molar-refractivity contribution in [1.29, 1.82) is 0 Å². The maximum absolute atomic E-state index is 5.65. The van der Waals surface area contributed by atoms with Gasteiger partial charge in [-0.15, -0.1) is 0 Å². The highest BCUT2D eigenvalue weighted by Gasteiger charge is 2.09. The van der Waals surface area contributed by atoms with E-state index in [9.17, 15) is 0 Å². The zero-order chi connectivity index (χ0) is 8.15. The highest BCUT2D eigenvalue weighted by molar-refractivity contribution is 4.55. The molecule has 0 spiro atoms. The molecular formula is C6H18N4. The van der Waals surface area contributed by atoms with Crippen LogP contribution >= 0.6 is 0 Å². The van der Waals surface area contributed by atoms with Crippen LogP contribution in [0.3, 0.4) is 0 Å². The van der Waals surface area contributed by atoms with Gasteiger partial charge in [0.25, 0.3) is 0 Å². The molecule has 4 nitrogen and oxygen atoms in total. The fourth-order valence-electron chi connectivity index (χ4n) is 0.900. The zero-order valence-corrected chi connectivity index (χ0v) is 7.04. The van der Waals surface area contributed by atoms with Crippen LogP contribution in [0.25, 0.3) is 0 Å². The lowest BCUT2D eigenvalue weighted by Gasteiger charge is -2.31. The lowest BCUT2D eigenvalue weighted by Crippen LogP contribution is -2.49. The van der Waals surface area contributed by atoms with Gasteiger partial charge in [0, 0.05) is 27.2 Å². The van der Waals surface area contributed by atoms with E-state index in [1.807, 2.05) is 31.0 Å². The Morgan fingerprint density at radius 1 is 1.40 bits per heavy atom. The lowest BCUT2D eigenvalue weighted by atomic mass is 10.5. The largest absolute Gasteiger partial charge is 0.329 e. The van der Waals surface area contributed by atoms with E-state index in [-0.39, 0.29) is 6.17 Å². The minimum Gasteiger partial charge on any atom is -0.329 e. The Kier molecular flexibility index (Phi) is 4.55. The number of rotatable bonds is 4. The van der Waals surface area contributed by atoms with Crippen LogP contribution in [0.4, 0.5) is 0 Å². The fourth-order valence-corrected chi connectivity index (χ4v) is 0.900. The van der Waals surface area contributed by atoms with E-state index in [0.717, 1.165) is 6.54 Å². The van der Waals surface area contributed by atoms with E-state index in [2.05, 4.69) is 0 Å². The number of nitrogens with two attached hydrogens (primary N) is 2. The Morgan fingerprint density at radius 3 is 2.00 bits per heavy atom. The van der Waals surface area contributed by atoms with Gasteiger partial charge in [0.2, 0.25) is 0 Å². The van der Waals surface area contributed by atoms with Gasteiger partial charge in [0.05, 0.1) is 6.17 Å². The predicted octanol–water partition coefficient (Wildman–Crippen LogP) is -0.972. The van der Waals surface area contributed by atoms with Crippen molar-refractivity contribution in [3.05, 3.63) is 0 Å².